The molecule has 0 saturated carbocycles. The molecule has 3 aliphatic rings. The number of hydrogen-bond acceptors (Lipinski definition) is 4. The van der Waals surface area contributed by atoms with Gasteiger partial charge in [-0.05, 0) is 41.5 Å². The van der Waals surface area contributed by atoms with Gasteiger partial charge in [-0.2, -0.15) is 0 Å². The number of carbonyl (C=O) groups is 3. The molecule has 27 heavy (non-hydrogen) atoms. The van der Waals surface area contributed by atoms with Crippen molar-refractivity contribution in [1.29, 1.82) is 0 Å². The first-order chi connectivity index (χ1) is 13.1. The first-order valence-corrected chi connectivity index (χ1v) is 8.75. The van der Waals surface area contributed by atoms with Crippen molar-refractivity contribution in [2.24, 2.45) is 11.8 Å². The number of carbonyl (C=O) groups excluding carboxylic acids is 3. The number of hydrogen-bond donors (Lipinski definition) is 1. The summed E-state index contributed by atoms with van der Waals surface area (Å²) in [6.07, 6.45) is 3.68. The van der Waals surface area contributed by atoms with Crippen molar-refractivity contribution >= 4 is 23.7 Å². The van der Waals surface area contributed by atoms with Gasteiger partial charge in [0.25, 0.3) is 0 Å². The van der Waals surface area contributed by atoms with Crippen molar-refractivity contribution in [3.8, 4) is 0 Å². The molecule has 3 heterocycles. The van der Waals surface area contributed by atoms with Crippen LogP contribution in [0.5, 0.6) is 0 Å². The van der Waals surface area contributed by atoms with Crippen LogP contribution < -0.4 is 5.32 Å². The Labute approximate surface area is 154 Å². The van der Waals surface area contributed by atoms with E-state index in [9.17, 15) is 18.8 Å². The predicted molar refractivity (Wildman–Crippen MR) is 94.7 cm³/mol. The number of benzene rings is 2. The molecule has 5 rings (SSSR count). The average molecular weight is 362 g/mol. The summed E-state index contributed by atoms with van der Waals surface area (Å²) in [7, 11) is 0. The van der Waals surface area contributed by atoms with Gasteiger partial charge in [0.05, 0.1) is 17.9 Å². The zero-order valence-corrected chi connectivity index (χ0v) is 14.1. The highest BCUT2D eigenvalue weighted by Gasteiger charge is 2.61. The van der Waals surface area contributed by atoms with E-state index >= 15 is 0 Å². The lowest BCUT2D eigenvalue weighted by atomic mass is 9.83. The first kappa shape index (κ1) is 15.9. The zero-order chi connectivity index (χ0) is 18.7. The van der Waals surface area contributed by atoms with Crippen LogP contribution in [0.3, 0.4) is 0 Å². The monoisotopic (exact) mass is 362 g/mol. The summed E-state index contributed by atoms with van der Waals surface area (Å²) in [6.45, 7) is 0. The Kier molecular flexibility index (Phi) is 3.31. The molecule has 0 spiro atoms. The Morgan fingerprint density at radius 2 is 1.67 bits per heavy atom. The fraction of sp³-hybridized carbons (Fsp3) is 0.190. The quantitative estimate of drug-likeness (QED) is 0.658. The van der Waals surface area contributed by atoms with E-state index in [0.29, 0.717) is 5.56 Å². The third-order valence-electron chi connectivity index (χ3n) is 5.70. The van der Waals surface area contributed by atoms with Gasteiger partial charge in [0.1, 0.15) is 11.9 Å². The van der Waals surface area contributed by atoms with Crippen molar-refractivity contribution in [3.05, 3.63) is 77.2 Å². The van der Waals surface area contributed by atoms with Gasteiger partial charge in [0, 0.05) is 11.8 Å². The van der Waals surface area contributed by atoms with Gasteiger partial charge in [-0.15, -0.1) is 0 Å². The van der Waals surface area contributed by atoms with Crippen molar-refractivity contribution in [3.63, 3.8) is 0 Å². The van der Waals surface area contributed by atoms with E-state index in [2.05, 4.69) is 5.32 Å². The number of fused-ring (bicyclic) bond motifs is 5. The van der Waals surface area contributed by atoms with Crippen LogP contribution >= 0.6 is 0 Å². The number of nitrogens with one attached hydrogen (secondary N) is 1. The largest absolute Gasteiger partial charge is 0.358 e. The van der Waals surface area contributed by atoms with Crippen molar-refractivity contribution in [1.82, 2.24) is 10.2 Å². The highest BCUT2D eigenvalue weighted by atomic mass is 19.1. The molecule has 2 fully saturated rings. The molecule has 0 aromatic heterocycles. The number of halogens is 1. The number of amides is 2. The molecule has 2 aromatic rings. The smallest absolute Gasteiger partial charge is 0.233 e. The zero-order valence-electron chi connectivity index (χ0n) is 14.1. The summed E-state index contributed by atoms with van der Waals surface area (Å²) in [5.74, 6) is -2.89. The summed E-state index contributed by atoms with van der Waals surface area (Å²) >= 11 is 0. The highest BCUT2D eigenvalue weighted by Crippen LogP contribution is 2.51. The number of nitrogens with zero attached hydrogens (tertiary/aromatic N) is 1. The van der Waals surface area contributed by atoms with Crippen LogP contribution in [0, 0.1) is 17.7 Å². The fourth-order valence-electron chi connectivity index (χ4n) is 4.56. The first-order valence-electron chi connectivity index (χ1n) is 8.75. The lowest BCUT2D eigenvalue weighted by Gasteiger charge is -2.34. The summed E-state index contributed by atoms with van der Waals surface area (Å²) in [6, 6.07) is 11.7. The molecular weight excluding hydrogens is 347 g/mol. The van der Waals surface area contributed by atoms with Crippen LogP contribution in [-0.4, -0.2) is 28.5 Å². The molecule has 5 nitrogen and oxygen atoms in total. The van der Waals surface area contributed by atoms with Crippen molar-refractivity contribution in [2.45, 2.75) is 12.1 Å². The molecular formula is C21H15FN2O3. The second kappa shape index (κ2) is 5.61. The van der Waals surface area contributed by atoms with Gasteiger partial charge in [-0.25, -0.2) is 4.39 Å². The maximum atomic E-state index is 13.2. The molecule has 0 radical (unpaired) electrons. The normalized spacial score (nSPS) is 27.8. The Balaban J connectivity index is 1.64. The lowest BCUT2D eigenvalue weighted by molar-refractivity contribution is -0.127. The molecule has 134 valence electrons. The number of imide groups is 1. The molecule has 1 N–H and O–H groups in total. The third-order valence-corrected chi connectivity index (χ3v) is 5.70. The second-order valence-electron chi connectivity index (χ2n) is 7.06. The lowest BCUT2D eigenvalue weighted by Crippen LogP contribution is -2.42. The topological polar surface area (TPSA) is 66.5 Å². The highest BCUT2D eigenvalue weighted by molar-refractivity contribution is 6.12. The summed E-state index contributed by atoms with van der Waals surface area (Å²) < 4.78 is 13.2. The van der Waals surface area contributed by atoms with E-state index in [1.807, 2.05) is 35.2 Å². The van der Waals surface area contributed by atoms with Crippen molar-refractivity contribution < 1.29 is 18.8 Å². The van der Waals surface area contributed by atoms with Crippen LogP contribution in [0.1, 0.15) is 27.5 Å². The summed E-state index contributed by atoms with van der Waals surface area (Å²) in [5, 5.41) is 2.39. The summed E-state index contributed by atoms with van der Waals surface area (Å²) in [4.78, 5) is 40.1. The van der Waals surface area contributed by atoms with Gasteiger partial charge >= 0.3 is 0 Å². The van der Waals surface area contributed by atoms with Crippen LogP contribution in [0.2, 0.25) is 0 Å². The Bertz CT molecular complexity index is 1010. The van der Waals surface area contributed by atoms with Crippen LogP contribution in [-0.2, 0) is 9.59 Å². The fourth-order valence-corrected chi connectivity index (χ4v) is 4.56. The Morgan fingerprint density at radius 1 is 0.963 bits per heavy atom. The number of rotatable bonds is 2. The number of ketones is 1. The molecule has 2 aromatic carbocycles. The SMILES string of the molecule is O=C1NC(=O)C2C1C(C(=O)c1ccc(F)cc1)N1C=Cc3ccccc3C21. The minimum atomic E-state index is -0.804. The maximum absolute atomic E-state index is 13.2. The van der Waals surface area contributed by atoms with Gasteiger partial charge in [0.2, 0.25) is 11.8 Å². The van der Waals surface area contributed by atoms with Gasteiger partial charge < -0.3 is 4.90 Å². The van der Waals surface area contributed by atoms with Crippen LogP contribution in [0.15, 0.2) is 54.7 Å². The van der Waals surface area contributed by atoms with Gasteiger partial charge in [0.15, 0.2) is 5.78 Å². The summed E-state index contributed by atoms with van der Waals surface area (Å²) in [5.41, 5.74) is 2.22. The minimum Gasteiger partial charge on any atom is -0.358 e. The van der Waals surface area contributed by atoms with Crippen LogP contribution in [0.25, 0.3) is 6.08 Å². The molecule has 3 aliphatic heterocycles. The van der Waals surface area contributed by atoms with E-state index < -0.39 is 29.6 Å². The average Bonchev–Trinajstić information content (AvgIpc) is 3.17. The van der Waals surface area contributed by atoms with Gasteiger partial charge in [-0.1, -0.05) is 24.3 Å². The Hall–Kier alpha value is -3.28. The molecule has 4 atom stereocenters. The second-order valence-corrected chi connectivity index (χ2v) is 7.06. The molecule has 2 amide bonds. The standard InChI is InChI=1S/C21H15FN2O3/c22-13-7-5-12(6-8-13)19(25)18-16-15(20(26)23-21(16)27)17-14-4-2-1-3-11(14)9-10-24(17)18/h1-10,15-18H,(H,23,26,27). The molecule has 0 aliphatic carbocycles. The molecule has 6 heteroatoms. The molecule has 2 saturated heterocycles. The van der Waals surface area contributed by atoms with E-state index in [4.69, 9.17) is 0 Å². The predicted octanol–water partition coefficient (Wildman–Crippen LogP) is 2.31. The molecule has 0 bridgehead atoms. The maximum Gasteiger partial charge on any atom is 0.233 e. The number of Topliss-reactive ketones (excluding diaryl/α,β-unsaturated/α-hetero) is 1. The Morgan fingerprint density at radius 3 is 2.44 bits per heavy atom. The minimum absolute atomic E-state index is 0.290. The van der Waals surface area contributed by atoms with Crippen LogP contribution in [0.4, 0.5) is 4.39 Å². The molecule has 4 unspecified atom stereocenters. The van der Waals surface area contributed by atoms with Crippen molar-refractivity contribution in [2.75, 3.05) is 0 Å². The van der Waals surface area contributed by atoms with E-state index in [-0.39, 0.29) is 17.7 Å². The third kappa shape index (κ3) is 2.19. The van der Waals surface area contributed by atoms with E-state index in [1.54, 1.807) is 6.20 Å². The van der Waals surface area contributed by atoms with E-state index in [0.717, 1.165) is 11.1 Å². The van der Waals surface area contributed by atoms with E-state index in [1.165, 1.54) is 24.3 Å². The van der Waals surface area contributed by atoms with Gasteiger partial charge in [-0.3, -0.25) is 19.7 Å².